The summed E-state index contributed by atoms with van der Waals surface area (Å²) in [6, 6.07) is 5.85. The molecule has 5 nitrogen and oxygen atoms in total. The second-order valence-corrected chi connectivity index (χ2v) is 3.94. The van der Waals surface area contributed by atoms with E-state index in [2.05, 4.69) is 28.3 Å². The van der Waals surface area contributed by atoms with Crippen molar-refractivity contribution in [2.24, 2.45) is 0 Å². The molecular formula is C13H15N5. The van der Waals surface area contributed by atoms with Crippen molar-refractivity contribution < 1.29 is 0 Å². The third kappa shape index (κ3) is 2.93. The number of aromatic nitrogens is 3. The van der Waals surface area contributed by atoms with Gasteiger partial charge in [0.25, 0.3) is 0 Å². The van der Waals surface area contributed by atoms with E-state index in [0.29, 0.717) is 12.2 Å². The van der Waals surface area contributed by atoms with Gasteiger partial charge in [-0.2, -0.15) is 5.26 Å². The van der Waals surface area contributed by atoms with Gasteiger partial charge in [-0.15, -0.1) is 0 Å². The average molecular weight is 241 g/mol. The summed E-state index contributed by atoms with van der Waals surface area (Å²) in [4.78, 5) is 8.35. The van der Waals surface area contributed by atoms with Crippen molar-refractivity contribution in [2.45, 2.75) is 20.0 Å². The summed E-state index contributed by atoms with van der Waals surface area (Å²) in [6.45, 7) is 4.37. The van der Waals surface area contributed by atoms with Crippen LogP contribution < -0.4 is 5.32 Å². The van der Waals surface area contributed by atoms with Crippen LogP contribution in [0.1, 0.15) is 23.9 Å². The van der Waals surface area contributed by atoms with Crippen molar-refractivity contribution in [3.05, 3.63) is 47.8 Å². The van der Waals surface area contributed by atoms with Crippen molar-refractivity contribution in [3.8, 4) is 6.07 Å². The summed E-state index contributed by atoms with van der Waals surface area (Å²) in [6.07, 6.45) is 5.39. The Morgan fingerprint density at radius 2 is 2.33 bits per heavy atom. The van der Waals surface area contributed by atoms with Crippen molar-refractivity contribution in [3.63, 3.8) is 0 Å². The van der Waals surface area contributed by atoms with Gasteiger partial charge in [0.1, 0.15) is 11.8 Å². The van der Waals surface area contributed by atoms with E-state index in [1.54, 1.807) is 12.5 Å². The number of nitrogens with one attached hydrogen (secondary N) is 1. The highest BCUT2D eigenvalue weighted by Crippen LogP contribution is 2.07. The third-order valence-electron chi connectivity index (χ3n) is 2.59. The van der Waals surface area contributed by atoms with Gasteiger partial charge in [-0.3, -0.25) is 0 Å². The summed E-state index contributed by atoms with van der Waals surface area (Å²) in [5, 5.41) is 12.2. The normalized spacial score (nSPS) is 10.2. The molecule has 2 aromatic heterocycles. The molecule has 1 N–H and O–H groups in total. The maximum atomic E-state index is 8.97. The van der Waals surface area contributed by atoms with Gasteiger partial charge in [-0.25, -0.2) is 9.97 Å². The van der Waals surface area contributed by atoms with Crippen LogP contribution in [-0.4, -0.2) is 21.1 Å². The lowest BCUT2D eigenvalue weighted by Crippen LogP contribution is -2.11. The Morgan fingerprint density at radius 3 is 3.11 bits per heavy atom. The molecule has 2 heterocycles. The fourth-order valence-electron chi connectivity index (χ4n) is 1.70. The molecule has 5 heteroatoms. The molecule has 2 aromatic rings. The number of hydrogen-bond donors (Lipinski definition) is 1. The van der Waals surface area contributed by atoms with Gasteiger partial charge in [0.05, 0.1) is 18.6 Å². The quantitative estimate of drug-likeness (QED) is 0.857. The van der Waals surface area contributed by atoms with E-state index in [1.807, 2.05) is 22.9 Å². The minimum Gasteiger partial charge on any atom is -0.333 e. The first kappa shape index (κ1) is 12.3. The highest BCUT2D eigenvalue weighted by atomic mass is 15.0. The topological polar surface area (TPSA) is 66.5 Å². The van der Waals surface area contributed by atoms with Crippen LogP contribution in [0.15, 0.2) is 30.9 Å². The number of nitrogens with zero attached hydrogens (tertiary/aromatic N) is 4. The molecule has 0 atom stereocenters. The van der Waals surface area contributed by atoms with E-state index < -0.39 is 0 Å². The van der Waals surface area contributed by atoms with E-state index in [-0.39, 0.29) is 0 Å². The molecule has 2 rings (SSSR count). The Hall–Kier alpha value is -2.19. The molecule has 0 fully saturated rings. The lowest BCUT2D eigenvalue weighted by atomic mass is 10.2. The van der Waals surface area contributed by atoms with Gasteiger partial charge in [0.2, 0.25) is 0 Å². The number of rotatable bonds is 5. The monoisotopic (exact) mass is 241 g/mol. The summed E-state index contributed by atoms with van der Waals surface area (Å²) >= 11 is 0. The summed E-state index contributed by atoms with van der Waals surface area (Å²) in [5.41, 5.74) is 2.38. The van der Waals surface area contributed by atoms with Crippen LogP contribution in [0.5, 0.6) is 0 Å². The molecule has 92 valence electrons. The van der Waals surface area contributed by atoms with Crippen LogP contribution in [0.25, 0.3) is 0 Å². The van der Waals surface area contributed by atoms with Gasteiger partial charge >= 0.3 is 0 Å². The zero-order chi connectivity index (χ0) is 12.8. The average Bonchev–Trinajstić information content (AvgIpc) is 2.84. The second kappa shape index (κ2) is 5.94. The molecule has 0 bridgehead atoms. The van der Waals surface area contributed by atoms with Crippen molar-refractivity contribution in [1.29, 1.82) is 5.26 Å². The molecular weight excluding hydrogens is 226 g/mol. The van der Waals surface area contributed by atoms with Crippen LogP contribution >= 0.6 is 0 Å². The first-order valence-electron chi connectivity index (χ1n) is 5.89. The maximum Gasteiger partial charge on any atom is 0.145 e. The van der Waals surface area contributed by atoms with E-state index >= 15 is 0 Å². The van der Waals surface area contributed by atoms with Crippen LogP contribution in [0.3, 0.4) is 0 Å². The van der Waals surface area contributed by atoms with Crippen molar-refractivity contribution in [1.82, 2.24) is 19.9 Å². The molecule has 0 spiro atoms. The van der Waals surface area contributed by atoms with Crippen LogP contribution in [0.4, 0.5) is 0 Å². The number of hydrogen-bond acceptors (Lipinski definition) is 4. The molecule has 0 aliphatic heterocycles. The smallest absolute Gasteiger partial charge is 0.145 e. The fourth-order valence-corrected chi connectivity index (χ4v) is 1.70. The van der Waals surface area contributed by atoms with E-state index in [1.165, 1.54) is 0 Å². The molecule has 18 heavy (non-hydrogen) atoms. The van der Waals surface area contributed by atoms with Gasteiger partial charge in [-0.1, -0.05) is 13.0 Å². The Kier molecular flexibility index (Phi) is 4.05. The first-order chi connectivity index (χ1) is 8.83. The third-order valence-corrected chi connectivity index (χ3v) is 2.59. The summed E-state index contributed by atoms with van der Waals surface area (Å²) < 4.78 is 1.96. The van der Waals surface area contributed by atoms with Crippen molar-refractivity contribution in [2.75, 3.05) is 6.54 Å². The fraction of sp³-hybridized carbons (Fsp3) is 0.308. The lowest BCUT2D eigenvalue weighted by Gasteiger charge is -2.03. The number of pyridine rings is 1. The van der Waals surface area contributed by atoms with Crippen LogP contribution in [0.2, 0.25) is 0 Å². The molecule has 0 amide bonds. The van der Waals surface area contributed by atoms with Gasteiger partial charge in [0.15, 0.2) is 0 Å². The predicted molar refractivity (Wildman–Crippen MR) is 67.7 cm³/mol. The summed E-state index contributed by atoms with van der Waals surface area (Å²) in [7, 11) is 0. The molecule has 0 aliphatic carbocycles. The lowest BCUT2D eigenvalue weighted by molar-refractivity contribution is 0.712. The molecule has 0 aliphatic rings. The van der Waals surface area contributed by atoms with Crippen LogP contribution in [0, 0.1) is 11.3 Å². The maximum absolute atomic E-state index is 8.97. The largest absolute Gasteiger partial charge is 0.333 e. The standard InChI is InChI=1S/C13H15N5/c1-2-15-7-12-9-18(10-17-12)8-11-4-3-5-16-13(11)6-14/h3-5,9-10,15H,2,7-8H2,1H3. The van der Waals surface area contributed by atoms with Crippen molar-refractivity contribution >= 4 is 0 Å². The van der Waals surface area contributed by atoms with Gasteiger partial charge < -0.3 is 9.88 Å². The number of nitriles is 1. The highest BCUT2D eigenvalue weighted by Gasteiger charge is 2.04. The van der Waals surface area contributed by atoms with E-state index in [4.69, 9.17) is 5.26 Å². The van der Waals surface area contributed by atoms with Gasteiger partial charge in [-0.05, 0) is 12.6 Å². The Labute approximate surface area is 106 Å². The molecule has 0 saturated heterocycles. The Balaban J connectivity index is 2.09. The summed E-state index contributed by atoms with van der Waals surface area (Å²) in [5.74, 6) is 0. The first-order valence-corrected chi connectivity index (χ1v) is 5.89. The van der Waals surface area contributed by atoms with Crippen LogP contribution in [-0.2, 0) is 13.1 Å². The second-order valence-electron chi connectivity index (χ2n) is 3.94. The predicted octanol–water partition coefficient (Wildman–Crippen LogP) is 1.31. The Morgan fingerprint density at radius 1 is 1.44 bits per heavy atom. The highest BCUT2D eigenvalue weighted by molar-refractivity contribution is 5.30. The minimum absolute atomic E-state index is 0.472. The zero-order valence-corrected chi connectivity index (χ0v) is 10.3. The minimum atomic E-state index is 0.472. The molecule has 0 saturated carbocycles. The molecule has 0 radical (unpaired) electrons. The number of imidazole rings is 1. The Bertz CT molecular complexity index is 553. The van der Waals surface area contributed by atoms with E-state index in [9.17, 15) is 0 Å². The van der Waals surface area contributed by atoms with E-state index in [0.717, 1.165) is 24.3 Å². The molecule has 0 aromatic carbocycles. The van der Waals surface area contributed by atoms with Gasteiger partial charge in [0, 0.05) is 24.5 Å². The zero-order valence-electron chi connectivity index (χ0n) is 10.3. The SMILES string of the molecule is CCNCc1cn(Cc2cccnc2C#N)cn1. The molecule has 0 unspecified atom stereocenters.